The van der Waals surface area contributed by atoms with Crippen LogP contribution in [-0.2, 0) is 15.8 Å². The first-order valence-corrected chi connectivity index (χ1v) is 8.37. The maximum absolute atomic E-state index is 12.3. The van der Waals surface area contributed by atoms with Crippen molar-refractivity contribution in [1.82, 2.24) is 4.72 Å². The number of nitrogens with two attached hydrogens (primary N) is 1. The number of para-hydroxylation sites is 1. The summed E-state index contributed by atoms with van der Waals surface area (Å²) in [4.78, 5) is 10.4. The molecule has 116 valence electrons. The van der Waals surface area contributed by atoms with E-state index in [1.807, 2.05) is 0 Å². The monoisotopic (exact) mass is 313 g/mol. The van der Waals surface area contributed by atoms with Gasteiger partial charge in [-0.15, -0.1) is 0 Å². The molecular weight excluding hydrogens is 294 g/mol. The zero-order chi connectivity index (χ0) is 15.7. The second-order valence-electron chi connectivity index (χ2n) is 5.64. The van der Waals surface area contributed by atoms with Gasteiger partial charge in [-0.1, -0.05) is 18.2 Å². The van der Waals surface area contributed by atoms with Crippen molar-refractivity contribution in [2.45, 2.75) is 31.1 Å². The molecule has 1 atom stereocenters. The van der Waals surface area contributed by atoms with Crippen LogP contribution in [0.2, 0.25) is 0 Å². The number of hydrogen-bond donors (Lipinski definition) is 2. The van der Waals surface area contributed by atoms with Crippen molar-refractivity contribution in [3.05, 3.63) is 39.9 Å². The van der Waals surface area contributed by atoms with Gasteiger partial charge in [0.2, 0.25) is 10.0 Å². The lowest BCUT2D eigenvalue weighted by Crippen LogP contribution is -2.53. The molecule has 0 bridgehead atoms. The van der Waals surface area contributed by atoms with Gasteiger partial charge in [-0.25, -0.2) is 13.1 Å². The molecule has 1 aliphatic carbocycles. The summed E-state index contributed by atoms with van der Waals surface area (Å²) in [5, 5.41) is 10.9. The number of nitrogens with one attached hydrogen (secondary N) is 1. The van der Waals surface area contributed by atoms with E-state index in [4.69, 9.17) is 5.73 Å². The quantitative estimate of drug-likeness (QED) is 0.578. The molecule has 3 N–H and O–H groups in total. The largest absolute Gasteiger partial charge is 0.329 e. The van der Waals surface area contributed by atoms with Gasteiger partial charge >= 0.3 is 0 Å². The number of nitro groups is 1. The highest BCUT2D eigenvalue weighted by molar-refractivity contribution is 7.88. The molecule has 1 aromatic rings. The molecule has 8 heteroatoms. The van der Waals surface area contributed by atoms with Gasteiger partial charge in [0.05, 0.1) is 10.7 Å². The first kappa shape index (κ1) is 15.9. The fourth-order valence-electron chi connectivity index (χ4n) is 2.42. The van der Waals surface area contributed by atoms with Gasteiger partial charge < -0.3 is 5.73 Å². The Hall–Kier alpha value is -1.51. The molecule has 0 saturated heterocycles. The fraction of sp³-hybridized carbons (Fsp3) is 0.538. The molecule has 2 rings (SSSR count). The van der Waals surface area contributed by atoms with Crippen molar-refractivity contribution in [3.8, 4) is 0 Å². The highest BCUT2D eigenvalue weighted by atomic mass is 32.2. The first-order chi connectivity index (χ1) is 9.77. The van der Waals surface area contributed by atoms with E-state index in [-0.39, 0.29) is 23.7 Å². The Labute approximate surface area is 123 Å². The van der Waals surface area contributed by atoms with Gasteiger partial charge in [-0.2, -0.15) is 0 Å². The van der Waals surface area contributed by atoms with E-state index < -0.39 is 26.2 Å². The van der Waals surface area contributed by atoms with Crippen molar-refractivity contribution < 1.29 is 13.3 Å². The van der Waals surface area contributed by atoms with E-state index in [9.17, 15) is 18.5 Å². The molecule has 1 fully saturated rings. The number of nitrogens with zero attached hydrogens (tertiary/aromatic N) is 1. The molecule has 0 heterocycles. The average Bonchev–Trinajstić information content (AvgIpc) is 3.22. The van der Waals surface area contributed by atoms with Gasteiger partial charge in [0.25, 0.3) is 5.69 Å². The van der Waals surface area contributed by atoms with Gasteiger partial charge in [0, 0.05) is 23.7 Å². The lowest BCUT2D eigenvalue weighted by molar-refractivity contribution is -0.385. The Morgan fingerprint density at radius 1 is 1.43 bits per heavy atom. The van der Waals surface area contributed by atoms with Crippen molar-refractivity contribution in [2.75, 3.05) is 6.54 Å². The van der Waals surface area contributed by atoms with E-state index in [0.29, 0.717) is 0 Å². The maximum Gasteiger partial charge on any atom is 0.273 e. The molecule has 1 unspecified atom stereocenters. The van der Waals surface area contributed by atoms with Crippen LogP contribution in [-0.4, -0.2) is 25.4 Å². The van der Waals surface area contributed by atoms with Crippen LogP contribution in [0.1, 0.15) is 25.3 Å². The smallest absolute Gasteiger partial charge is 0.273 e. The number of sulfonamides is 1. The van der Waals surface area contributed by atoms with Crippen molar-refractivity contribution in [2.24, 2.45) is 11.7 Å². The molecule has 1 saturated carbocycles. The lowest BCUT2D eigenvalue weighted by atomic mass is 9.98. The number of rotatable bonds is 7. The zero-order valence-electron chi connectivity index (χ0n) is 11.8. The van der Waals surface area contributed by atoms with Gasteiger partial charge in [0.15, 0.2) is 0 Å². The predicted molar refractivity (Wildman–Crippen MR) is 79.0 cm³/mol. The summed E-state index contributed by atoms with van der Waals surface area (Å²) < 4.78 is 27.2. The molecule has 21 heavy (non-hydrogen) atoms. The van der Waals surface area contributed by atoms with Gasteiger partial charge in [-0.05, 0) is 25.7 Å². The second kappa shape index (κ2) is 5.70. The Balaban J connectivity index is 2.20. The molecule has 1 aliphatic rings. The van der Waals surface area contributed by atoms with E-state index in [1.165, 1.54) is 18.2 Å². The Morgan fingerprint density at radius 3 is 2.57 bits per heavy atom. The summed E-state index contributed by atoms with van der Waals surface area (Å²) in [5.41, 5.74) is 4.99. The topological polar surface area (TPSA) is 115 Å². The molecule has 7 nitrogen and oxygen atoms in total. The normalized spacial score (nSPS) is 18.2. The number of hydrogen-bond acceptors (Lipinski definition) is 5. The summed E-state index contributed by atoms with van der Waals surface area (Å²) in [6.45, 7) is 1.98. The third kappa shape index (κ3) is 3.78. The summed E-state index contributed by atoms with van der Waals surface area (Å²) in [5.74, 6) is -0.185. The van der Waals surface area contributed by atoms with Crippen LogP contribution in [0.5, 0.6) is 0 Å². The van der Waals surface area contributed by atoms with Gasteiger partial charge in [-0.3, -0.25) is 10.1 Å². The molecule has 0 aliphatic heterocycles. The molecule has 0 amide bonds. The van der Waals surface area contributed by atoms with Crippen LogP contribution in [0.4, 0.5) is 5.69 Å². The summed E-state index contributed by atoms with van der Waals surface area (Å²) in [6.07, 6.45) is 1.89. The first-order valence-electron chi connectivity index (χ1n) is 6.71. The minimum Gasteiger partial charge on any atom is -0.329 e. The van der Waals surface area contributed by atoms with Crippen LogP contribution < -0.4 is 10.5 Å². The molecular formula is C13H19N3O4S. The number of nitro benzene ring substituents is 1. The van der Waals surface area contributed by atoms with Crippen LogP contribution in [0.15, 0.2) is 24.3 Å². The van der Waals surface area contributed by atoms with E-state index in [0.717, 1.165) is 12.8 Å². The van der Waals surface area contributed by atoms with Crippen LogP contribution in [0.25, 0.3) is 0 Å². The highest BCUT2D eigenvalue weighted by Gasteiger charge is 2.43. The van der Waals surface area contributed by atoms with Crippen molar-refractivity contribution in [3.63, 3.8) is 0 Å². The van der Waals surface area contributed by atoms with Crippen LogP contribution in [0, 0.1) is 16.0 Å². The lowest BCUT2D eigenvalue weighted by Gasteiger charge is -2.29. The standard InChI is InChI=1S/C13H19N3O4S/c1-13(9-14,11-6-7-11)15-21(19,20)8-10-4-2-3-5-12(10)16(17)18/h2-5,11,15H,6-9,14H2,1H3. The van der Waals surface area contributed by atoms with E-state index in [2.05, 4.69) is 4.72 Å². The van der Waals surface area contributed by atoms with E-state index in [1.54, 1.807) is 13.0 Å². The minimum atomic E-state index is -3.70. The van der Waals surface area contributed by atoms with Crippen molar-refractivity contribution in [1.29, 1.82) is 0 Å². The zero-order valence-corrected chi connectivity index (χ0v) is 12.6. The Morgan fingerprint density at radius 2 is 2.05 bits per heavy atom. The SMILES string of the molecule is CC(CN)(NS(=O)(=O)Cc1ccccc1[N+](=O)[O-])C1CC1. The van der Waals surface area contributed by atoms with Gasteiger partial charge in [0.1, 0.15) is 0 Å². The molecule has 1 aromatic carbocycles. The minimum absolute atomic E-state index is 0.171. The summed E-state index contributed by atoms with van der Waals surface area (Å²) in [7, 11) is -3.70. The predicted octanol–water partition coefficient (Wildman–Crippen LogP) is 1.14. The average molecular weight is 313 g/mol. The fourth-order valence-corrected chi connectivity index (χ4v) is 4.11. The number of benzene rings is 1. The van der Waals surface area contributed by atoms with E-state index >= 15 is 0 Å². The third-order valence-electron chi connectivity index (χ3n) is 3.82. The molecule has 0 radical (unpaired) electrons. The molecule has 0 aromatic heterocycles. The van der Waals surface area contributed by atoms with Crippen molar-refractivity contribution >= 4 is 15.7 Å². The summed E-state index contributed by atoms with van der Waals surface area (Å²) in [6, 6.07) is 5.85. The molecule has 0 spiro atoms. The Bertz CT molecular complexity index is 643. The van der Waals surface area contributed by atoms with Crippen LogP contribution >= 0.6 is 0 Å². The Kier molecular flexibility index (Phi) is 4.31. The second-order valence-corrected chi connectivity index (χ2v) is 7.37. The maximum atomic E-state index is 12.3. The van der Waals surface area contributed by atoms with Crippen LogP contribution in [0.3, 0.4) is 0 Å². The third-order valence-corrected chi connectivity index (χ3v) is 5.29. The summed E-state index contributed by atoms with van der Waals surface area (Å²) >= 11 is 0. The highest BCUT2D eigenvalue weighted by Crippen LogP contribution is 2.39.